The molecule has 7 nitrogen and oxygen atoms in total. The summed E-state index contributed by atoms with van der Waals surface area (Å²) in [6.07, 6.45) is 0. The Labute approximate surface area is 178 Å². The van der Waals surface area contributed by atoms with Gasteiger partial charge in [-0.05, 0) is 30.3 Å². The van der Waals surface area contributed by atoms with Gasteiger partial charge in [0, 0.05) is 11.0 Å². The Kier molecular flexibility index (Phi) is 4.99. The predicted octanol–water partition coefficient (Wildman–Crippen LogP) is 5.25. The fraction of sp³-hybridized carbons (Fsp3) is 0.227. The summed E-state index contributed by atoms with van der Waals surface area (Å²) in [5.41, 5.74) is 2.49. The second-order valence-corrected chi connectivity index (χ2v) is 8.25. The van der Waals surface area contributed by atoms with Crippen molar-refractivity contribution >= 4 is 23.2 Å². The van der Waals surface area contributed by atoms with E-state index in [9.17, 15) is 4.79 Å². The molecule has 154 valence electrons. The second kappa shape index (κ2) is 7.50. The Morgan fingerprint density at radius 2 is 1.77 bits per heavy atom. The van der Waals surface area contributed by atoms with E-state index in [-0.39, 0.29) is 5.41 Å². The van der Waals surface area contributed by atoms with Gasteiger partial charge < -0.3 is 14.5 Å². The smallest absolute Gasteiger partial charge is 0.337 e. The molecule has 0 aliphatic carbocycles. The fourth-order valence-electron chi connectivity index (χ4n) is 3.05. The molecule has 0 aliphatic heterocycles. The van der Waals surface area contributed by atoms with Gasteiger partial charge in [0.2, 0.25) is 0 Å². The van der Waals surface area contributed by atoms with Gasteiger partial charge in [-0.1, -0.05) is 50.6 Å². The number of hydrogen-bond acceptors (Lipinski definition) is 5. The standard InChI is InChI=1S/C22H21ClN4O3/c1-22(2,3)18-17(23)20-24-19(26-27(20)25-18)13-7-5-9-15(11-13)30-16-10-6-8-14(12-16)21(28)29-4/h5-12H,1-4H3,(H,24,26). The average Bonchev–Trinajstić information content (AvgIpc) is 3.27. The Morgan fingerprint density at radius 3 is 2.43 bits per heavy atom. The van der Waals surface area contributed by atoms with Crippen LogP contribution in [0.1, 0.15) is 36.8 Å². The van der Waals surface area contributed by atoms with Crippen LogP contribution in [-0.2, 0) is 10.2 Å². The minimum Gasteiger partial charge on any atom is -0.465 e. The van der Waals surface area contributed by atoms with Crippen LogP contribution in [0.4, 0.5) is 0 Å². The molecule has 4 aromatic rings. The summed E-state index contributed by atoms with van der Waals surface area (Å²) in [6, 6.07) is 14.3. The first-order chi connectivity index (χ1) is 14.3. The van der Waals surface area contributed by atoms with Crippen LogP contribution in [0, 0.1) is 0 Å². The van der Waals surface area contributed by atoms with Crippen molar-refractivity contribution in [3.63, 3.8) is 0 Å². The SMILES string of the molecule is COC(=O)c1cccc(Oc2cccc(-c3nn4nc(C(C)(C)C)c(Cl)c4[nH]3)c2)c1. The summed E-state index contributed by atoms with van der Waals surface area (Å²) in [5, 5.41) is 9.61. The van der Waals surface area contributed by atoms with Gasteiger partial charge in [-0.2, -0.15) is 5.10 Å². The first-order valence-electron chi connectivity index (χ1n) is 9.38. The number of halogens is 1. The van der Waals surface area contributed by atoms with Crippen LogP contribution in [0.5, 0.6) is 11.5 Å². The van der Waals surface area contributed by atoms with Crippen LogP contribution in [0.3, 0.4) is 0 Å². The van der Waals surface area contributed by atoms with Crippen molar-refractivity contribution < 1.29 is 14.3 Å². The van der Waals surface area contributed by atoms with Gasteiger partial charge in [-0.15, -0.1) is 9.73 Å². The number of methoxy groups -OCH3 is 1. The number of aromatic amines is 1. The number of carbonyl (C=O) groups excluding carboxylic acids is 1. The molecule has 2 heterocycles. The highest BCUT2D eigenvalue weighted by Gasteiger charge is 2.25. The third kappa shape index (κ3) is 3.76. The number of nitrogens with zero attached hydrogens (tertiary/aromatic N) is 3. The third-order valence-electron chi connectivity index (χ3n) is 4.55. The van der Waals surface area contributed by atoms with Crippen LogP contribution in [0.25, 0.3) is 17.0 Å². The first-order valence-corrected chi connectivity index (χ1v) is 9.76. The Balaban J connectivity index is 1.63. The summed E-state index contributed by atoms with van der Waals surface area (Å²) in [7, 11) is 1.34. The van der Waals surface area contributed by atoms with Gasteiger partial charge in [0.15, 0.2) is 11.5 Å². The third-order valence-corrected chi connectivity index (χ3v) is 4.91. The van der Waals surface area contributed by atoms with E-state index in [4.69, 9.17) is 21.1 Å². The van der Waals surface area contributed by atoms with Gasteiger partial charge >= 0.3 is 5.97 Å². The first kappa shape index (κ1) is 20.0. The topological polar surface area (TPSA) is 81.5 Å². The van der Waals surface area contributed by atoms with E-state index in [1.54, 1.807) is 24.3 Å². The molecule has 0 spiro atoms. The molecule has 30 heavy (non-hydrogen) atoms. The van der Waals surface area contributed by atoms with Gasteiger partial charge in [-0.25, -0.2) is 4.79 Å². The molecular formula is C22H21ClN4O3. The number of esters is 1. The number of H-pyrrole nitrogens is 1. The number of rotatable bonds is 4. The highest BCUT2D eigenvalue weighted by molar-refractivity contribution is 6.34. The lowest BCUT2D eigenvalue weighted by Crippen LogP contribution is -2.12. The van der Waals surface area contributed by atoms with Crippen molar-refractivity contribution in [3.05, 3.63) is 64.8 Å². The number of nitrogens with one attached hydrogen (secondary N) is 1. The summed E-state index contributed by atoms with van der Waals surface area (Å²) in [6.45, 7) is 6.16. The van der Waals surface area contributed by atoms with E-state index < -0.39 is 5.97 Å². The van der Waals surface area contributed by atoms with Crippen molar-refractivity contribution in [1.82, 2.24) is 19.8 Å². The summed E-state index contributed by atoms with van der Waals surface area (Å²) < 4.78 is 12.2. The molecule has 0 bridgehead atoms. The van der Waals surface area contributed by atoms with E-state index in [0.717, 1.165) is 11.3 Å². The van der Waals surface area contributed by atoms with Crippen LogP contribution in [-0.4, -0.2) is 32.9 Å². The van der Waals surface area contributed by atoms with E-state index in [2.05, 4.69) is 36.0 Å². The van der Waals surface area contributed by atoms with Crippen molar-refractivity contribution in [2.24, 2.45) is 0 Å². The molecule has 2 aromatic heterocycles. The molecule has 4 rings (SSSR count). The minimum absolute atomic E-state index is 0.182. The van der Waals surface area contributed by atoms with Gasteiger partial charge in [-0.3, -0.25) is 0 Å². The number of carbonyl (C=O) groups is 1. The molecule has 0 aliphatic rings. The second-order valence-electron chi connectivity index (χ2n) is 7.87. The Morgan fingerprint density at radius 1 is 1.07 bits per heavy atom. The van der Waals surface area contributed by atoms with Crippen LogP contribution in [0.15, 0.2) is 48.5 Å². The molecule has 0 amide bonds. The lowest BCUT2D eigenvalue weighted by Gasteiger charge is -2.14. The Bertz CT molecular complexity index is 1240. The molecule has 0 saturated heterocycles. The maximum atomic E-state index is 11.7. The Hall–Kier alpha value is -3.32. The highest BCUT2D eigenvalue weighted by atomic mass is 35.5. The van der Waals surface area contributed by atoms with E-state index in [1.807, 2.05) is 24.3 Å². The largest absolute Gasteiger partial charge is 0.465 e. The molecule has 0 unspecified atom stereocenters. The van der Waals surface area contributed by atoms with E-state index >= 15 is 0 Å². The molecule has 0 radical (unpaired) electrons. The van der Waals surface area contributed by atoms with Crippen LogP contribution < -0.4 is 4.74 Å². The van der Waals surface area contributed by atoms with Crippen molar-refractivity contribution in [2.45, 2.75) is 26.2 Å². The van der Waals surface area contributed by atoms with Crippen molar-refractivity contribution in [2.75, 3.05) is 7.11 Å². The van der Waals surface area contributed by atoms with Crippen LogP contribution in [0.2, 0.25) is 5.02 Å². The van der Waals surface area contributed by atoms with Crippen molar-refractivity contribution in [1.29, 1.82) is 0 Å². The van der Waals surface area contributed by atoms with Crippen molar-refractivity contribution in [3.8, 4) is 22.9 Å². The monoisotopic (exact) mass is 424 g/mol. The quantitative estimate of drug-likeness (QED) is 0.452. The lowest BCUT2D eigenvalue weighted by atomic mass is 9.92. The van der Waals surface area contributed by atoms with E-state index in [1.165, 1.54) is 11.7 Å². The molecule has 0 atom stereocenters. The maximum absolute atomic E-state index is 11.7. The number of aromatic nitrogens is 4. The zero-order valence-corrected chi connectivity index (χ0v) is 17.8. The van der Waals surface area contributed by atoms with Gasteiger partial charge in [0.25, 0.3) is 0 Å². The van der Waals surface area contributed by atoms with Gasteiger partial charge in [0.1, 0.15) is 16.5 Å². The molecule has 1 N–H and O–H groups in total. The van der Waals surface area contributed by atoms with E-state index in [0.29, 0.717) is 33.6 Å². The summed E-state index contributed by atoms with van der Waals surface area (Å²) >= 11 is 6.52. The maximum Gasteiger partial charge on any atom is 0.337 e. The number of hydrogen-bond donors (Lipinski definition) is 1. The number of fused-ring (bicyclic) bond motifs is 1. The summed E-state index contributed by atoms with van der Waals surface area (Å²) in [4.78, 5) is 15.0. The minimum atomic E-state index is -0.417. The zero-order valence-electron chi connectivity index (χ0n) is 17.1. The fourth-order valence-corrected chi connectivity index (χ4v) is 3.50. The molecular weight excluding hydrogens is 404 g/mol. The molecule has 2 aromatic carbocycles. The van der Waals surface area contributed by atoms with Gasteiger partial charge in [0.05, 0.1) is 18.4 Å². The normalized spacial score (nSPS) is 11.6. The average molecular weight is 425 g/mol. The number of ether oxygens (including phenoxy) is 2. The lowest BCUT2D eigenvalue weighted by molar-refractivity contribution is 0.0600. The molecule has 0 fully saturated rings. The number of benzene rings is 2. The summed E-state index contributed by atoms with van der Waals surface area (Å²) in [5.74, 6) is 1.33. The molecule has 0 saturated carbocycles. The van der Waals surface area contributed by atoms with Crippen LogP contribution >= 0.6 is 11.6 Å². The highest BCUT2D eigenvalue weighted by Crippen LogP contribution is 2.32. The zero-order chi connectivity index (χ0) is 21.5. The molecule has 8 heteroatoms. The predicted molar refractivity (Wildman–Crippen MR) is 114 cm³/mol.